The molecule has 5 heteroatoms. The van der Waals surface area contributed by atoms with Gasteiger partial charge in [-0.15, -0.1) is 0 Å². The second kappa shape index (κ2) is 6.05. The van der Waals surface area contributed by atoms with Crippen LogP contribution in [0, 0.1) is 5.92 Å². The highest BCUT2D eigenvalue weighted by molar-refractivity contribution is 5.84. The Morgan fingerprint density at radius 1 is 1.22 bits per heavy atom. The van der Waals surface area contributed by atoms with E-state index >= 15 is 0 Å². The van der Waals surface area contributed by atoms with Crippen LogP contribution < -0.4 is 5.32 Å². The SMILES string of the molecule is CC(Cc1ccc(O)cc1)C(=O)N[C@@H](C)C(=O)O. The second-order valence-electron chi connectivity index (χ2n) is 4.34. The lowest BCUT2D eigenvalue weighted by molar-refractivity contribution is -0.141. The molecule has 0 radical (unpaired) electrons. The summed E-state index contributed by atoms with van der Waals surface area (Å²) in [5.41, 5.74) is 0.915. The van der Waals surface area contributed by atoms with Crippen molar-refractivity contribution < 1.29 is 19.8 Å². The van der Waals surface area contributed by atoms with Crippen molar-refractivity contribution in [2.45, 2.75) is 26.3 Å². The molecule has 1 unspecified atom stereocenters. The number of nitrogens with one attached hydrogen (secondary N) is 1. The maximum Gasteiger partial charge on any atom is 0.325 e. The summed E-state index contributed by atoms with van der Waals surface area (Å²) in [4.78, 5) is 22.3. The van der Waals surface area contributed by atoms with E-state index < -0.39 is 12.0 Å². The van der Waals surface area contributed by atoms with E-state index in [1.807, 2.05) is 0 Å². The van der Waals surface area contributed by atoms with Crippen LogP contribution in [0.2, 0.25) is 0 Å². The fourth-order valence-electron chi connectivity index (χ4n) is 1.50. The largest absolute Gasteiger partial charge is 0.508 e. The molecule has 2 atom stereocenters. The number of carbonyl (C=O) groups is 2. The molecule has 0 aromatic heterocycles. The molecule has 1 rings (SSSR count). The number of rotatable bonds is 5. The molecule has 0 aliphatic carbocycles. The van der Waals surface area contributed by atoms with Crippen molar-refractivity contribution in [3.05, 3.63) is 29.8 Å². The maximum atomic E-state index is 11.7. The average molecular weight is 251 g/mol. The van der Waals surface area contributed by atoms with E-state index in [0.29, 0.717) is 6.42 Å². The summed E-state index contributed by atoms with van der Waals surface area (Å²) in [6, 6.07) is 5.69. The zero-order chi connectivity index (χ0) is 13.7. The van der Waals surface area contributed by atoms with E-state index in [9.17, 15) is 9.59 Å². The van der Waals surface area contributed by atoms with Crippen LogP contribution in [0.5, 0.6) is 5.75 Å². The van der Waals surface area contributed by atoms with E-state index in [4.69, 9.17) is 10.2 Å². The number of benzene rings is 1. The molecule has 0 saturated heterocycles. The van der Waals surface area contributed by atoms with Gasteiger partial charge in [0.2, 0.25) is 5.91 Å². The van der Waals surface area contributed by atoms with E-state index in [2.05, 4.69) is 5.32 Å². The van der Waals surface area contributed by atoms with Crippen molar-refractivity contribution in [3.63, 3.8) is 0 Å². The van der Waals surface area contributed by atoms with Gasteiger partial charge in [0.25, 0.3) is 0 Å². The van der Waals surface area contributed by atoms with Gasteiger partial charge in [0.05, 0.1) is 0 Å². The Labute approximate surface area is 105 Å². The van der Waals surface area contributed by atoms with E-state index in [0.717, 1.165) is 5.56 Å². The Kier molecular flexibility index (Phi) is 4.71. The van der Waals surface area contributed by atoms with Crippen LogP contribution in [0.3, 0.4) is 0 Å². The van der Waals surface area contributed by atoms with Crippen molar-refractivity contribution in [3.8, 4) is 5.75 Å². The number of carboxylic acids is 1. The summed E-state index contributed by atoms with van der Waals surface area (Å²) >= 11 is 0. The molecule has 3 N–H and O–H groups in total. The Hall–Kier alpha value is -2.04. The molecule has 0 heterocycles. The lowest BCUT2D eigenvalue weighted by Crippen LogP contribution is -2.41. The highest BCUT2D eigenvalue weighted by atomic mass is 16.4. The highest BCUT2D eigenvalue weighted by Gasteiger charge is 2.19. The van der Waals surface area contributed by atoms with Crippen LogP contribution in [0.1, 0.15) is 19.4 Å². The molecule has 0 fully saturated rings. The number of amides is 1. The van der Waals surface area contributed by atoms with Crippen molar-refractivity contribution in [1.29, 1.82) is 0 Å². The zero-order valence-electron chi connectivity index (χ0n) is 10.4. The van der Waals surface area contributed by atoms with Gasteiger partial charge in [-0.1, -0.05) is 19.1 Å². The molecule has 18 heavy (non-hydrogen) atoms. The van der Waals surface area contributed by atoms with Crippen LogP contribution in [0.4, 0.5) is 0 Å². The summed E-state index contributed by atoms with van der Waals surface area (Å²) in [6.07, 6.45) is 0.498. The van der Waals surface area contributed by atoms with Gasteiger partial charge >= 0.3 is 5.97 Å². The maximum absolute atomic E-state index is 11.7. The lowest BCUT2D eigenvalue weighted by Gasteiger charge is -2.14. The molecule has 0 bridgehead atoms. The Bertz CT molecular complexity index is 427. The molecule has 5 nitrogen and oxygen atoms in total. The fourth-order valence-corrected chi connectivity index (χ4v) is 1.50. The summed E-state index contributed by atoms with van der Waals surface area (Å²) in [6.45, 7) is 3.16. The number of carbonyl (C=O) groups excluding carboxylic acids is 1. The topological polar surface area (TPSA) is 86.6 Å². The van der Waals surface area contributed by atoms with Crippen molar-refractivity contribution in [1.82, 2.24) is 5.32 Å². The number of hydrogen-bond acceptors (Lipinski definition) is 3. The van der Waals surface area contributed by atoms with Crippen LogP contribution in [-0.4, -0.2) is 28.1 Å². The third kappa shape index (κ3) is 4.08. The quantitative estimate of drug-likeness (QED) is 0.733. The first-order valence-electron chi connectivity index (χ1n) is 5.71. The van der Waals surface area contributed by atoms with Gasteiger partial charge in [0.1, 0.15) is 11.8 Å². The first-order valence-corrected chi connectivity index (χ1v) is 5.71. The number of aliphatic carboxylic acids is 1. The van der Waals surface area contributed by atoms with Gasteiger partial charge < -0.3 is 15.5 Å². The number of hydrogen-bond donors (Lipinski definition) is 3. The molecule has 0 aliphatic rings. The first-order chi connectivity index (χ1) is 8.40. The molecule has 1 aromatic rings. The highest BCUT2D eigenvalue weighted by Crippen LogP contribution is 2.13. The van der Waals surface area contributed by atoms with Gasteiger partial charge in [-0.3, -0.25) is 9.59 Å². The molecule has 0 spiro atoms. The number of phenols is 1. The van der Waals surface area contributed by atoms with Crippen LogP contribution in [0.25, 0.3) is 0 Å². The minimum absolute atomic E-state index is 0.176. The van der Waals surface area contributed by atoms with E-state index in [-0.39, 0.29) is 17.6 Å². The monoisotopic (exact) mass is 251 g/mol. The Morgan fingerprint density at radius 2 is 1.78 bits per heavy atom. The van der Waals surface area contributed by atoms with Gasteiger partial charge in [-0.2, -0.15) is 0 Å². The summed E-state index contributed by atoms with van der Waals surface area (Å²) in [7, 11) is 0. The molecule has 1 amide bonds. The summed E-state index contributed by atoms with van der Waals surface area (Å²) in [5.74, 6) is -1.50. The number of carboxylic acid groups (broad SMARTS) is 1. The number of phenolic OH excluding ortho intramolecular Hbond substituents is 1. The number of aromatic hydroxyl groups is 1. The normalized spacial score (nSPS) is 13.7. The standard InChI is InChI=1S/C13H17NO4/c1-8(12(16)14-9(2)13(17)18)7-10-3-5-11(15)6-4-10/h3-6,8-9,15H,7H2,1-2H3,(H,14,16)(H,17,18)/t8?,9-/m0/s1. The Balaban J connectivity index is 2.54. The fraction of sp³-hybridized carbons (Fsp3) is 0.385. The Morgan fingerprint density at radius 3 is 2.28 bits per heavy atom. The van der Waals surface area contributed by atoms with Gasteiger partial charge in [-0.05, 0) is 31.0 Å². The average Bonchev–Trinajstić information content (AvgIpc) is 2.31. The van der Waals surface area contributed by atoms with Crippen LogP contribution in [0.15, 0.2) is 24.3 Å². The van der Waals surface area contributed by atoms with Crippen molar-refractivity contribution >= 4 is 11.9 Å². The zero-order valence-corrected chi connectivity index (χ0v) is 10.4. The van der Waals surface area contributed by atoms with Crippen molar-refractivity contribution in [2.24, 2.45) is 5.92 Å². The third-order valence-electron chi connectivity index (χ3n) is 2.66. The van der Waals surface area contributed by atoms with Crippen LogP contribution >= 0.6 is 0 Å². The smallest absolute Gasteiger partial charge is 0.325 e. The minimum Gasteiger partial charge on any atom is -0.508 e. The predicted molar refractivity (Wildman–Crippen MR) is 66.2 cm³/mol. The molecule has 0 saturated carbocycles. The molecular formula is C13H17NO4. The molecule has 1 aromatic carbocycles. The molecule has 0 aliphatic heterocycles. The molecular weight excluding hydrogens is 234 g/mol. The minimum atomic E-state index is -1.06. The van der Waals surface area contributed by atoms with E-state index in [1.165, 1.54) is 6.92 Å². The first kappa shape index (κ1) is 14.0. The lowest BCUT2D eigenvalue weighted by atomic mass is 10.00. The van der Waals surface area contributed by atoms with Crippen LogP contribution in [-0.2, 0) is 16.0 Å². The van der Waals surface area contributed by atoms with E-state index in [1.54, 1.807) is 31.2 Å². The van der Waals surface area contributed by atoms with Crippen molar-refractivity contribution in [2.75, 3.05) is 0 Å². The summed E-state index contributed by atoms with van der Waals surface area (Å²) < 4.78 is 0. The van der Waals surface area contributed by atoms with Gasteiger partial charge in [0, 0.05) is 5.92 Å². The predicted octanol–water partition coefficient (Wildman–Crippen LogP) is 1.16. The van der Waals surface area contributed by atoms with Gasteiger partial charge in [0.15, 0.2) is 0 Å². The van der Waals surface area contributed by atoms with Gasteiger partial charge in [-0.25, -0.2) is 0 Å². The second-order valence-corrected chi connectivity index (χ2v) is 4.34. The summed E-state index contributed by atoms with van der Waals surface area (Å²) in [5, 5.41) is 20.2. The molecule has 98 valence electrons. The third-order valence-corrected chi connectivity index (χ3v) is 2.66.